The van der Waals surface area contributed by atoms with E-state index in [0.29, 0.717) is 29.4 Å². The molecule has 146 valence electrons. The summed E-state index contributed by atoms with van der Waals surface area (Å²) in [4.78, 5) is 14.6. The molecule has 2 aromatic carbocycles. The number of rotatable bonds is 3. The molecule has 1 aliphatic rings. The van der Waals surface area contributed by atoms with Crippen molar-refractivity contribution in [2.45, 2.75) is 11.8 Å². The summed E-state index contributed by atoms with van der Waals surface area (Å²) in [6.45, 7) is 2.98. The van der Waals surface area contributed by atoms with Crippen molar-refractivity contribution in [2.75, 3.05) is 31.9 Å². The Kier molecular flexibility index (Phi) is 6.75. The highest BCUT2D eigenvalue weighted by Gasteiger charge is 2.30. The summed E-state index contributed by atoms with van der Waals surface area (Å²) in [5, 5.41) is 0.372. The molecular weight excluding hydrogens is 409 g/mol. The molecule has 0 aliphatic carbocycles. The van der Waals surface area contributed by atoms with Crippen LogP contribution < -0.4 is 5.73 Å². The van der Waals surface area contributed by atoms with Gasteiger partial charge in [-0.3, -0.25) is 4.79 Å². The molecule has 3 rings (SSSR count). The molecule has 1 amide bonds. The fourth-order valence-electron chi connectivity index (χ4n) is 2.95. The minimum absolute atomic E-state index is 0. The van der Waals surface area contributed by atoms with Gasteiger partial charge in [-0.15, -0.1) is 12.4 Å². The first kappa shape index (κ1) is 21.5. The van der Waals surface area contributed by atoms with Crippen LogP contribution in [0.15, 0.2) is 47.4 Å². The number of benzene rings is 2. The molecule has 1 fully saturated rings. The Morgan fingerprint density at radius 2 is 1.74 bits per heavy atom. The predicted octanol–water partition coefficient (Wildman–Crippen LogP) is 2.80. The van der Waals surface area contributed by atoms with Crippen molar-refractivity contribution in [3.05, 3.63) is 58.6 Å². The number of hydrogen-bond donors (Lipinski definition) is 1. The zero-order chi connectivity index (χ0) is 18.9. The quantitative estimate of drug-likeness (QED) is 0.760. The van der Waals surface area contributed by atoms with E-state index in [1.807, 2.05) is 13.0 Å². The van der Waals surface area contributed by atoms with E-state index in [9.17, 15) is 13.2 Å². The normalized spacial score (nSPS) is 15.3. The first-order chi connectivity index (χ1) is 12.3. The number of nitrogens with zero attached hydrogens (tertiary/aromatic N) is 2. The summed E-state index contributed by atoms with van der Waals surface area (Å²) in [7, 11) is -3.62. The SMILES string of the molecule is Cc1ccc(N)cc1C(=O)N1CCN(S(=O)(=O)c2cccc(Cl)c2)CC1.Cl. The largest absolute Gasteiger partial charge is 0.399 e. The Labute approximate surface area is 170 Å². The minimum atomic E-state index is -3.62. The van der Waals surface area contributed by atoms with Crippen LogP contribution in [0.4, 0.5) is 5.69 Å². The Bertz CT molecular complexity index is 943. The van der Waals surface area contributed by atoms with Crippen LogP contribution in [0.1, 0.15) is 15.9 Å². The van der Waals surface area contributed by atoms with Gasteiger partial charge in [0.2, 0.25) is 10.0 Å². The summed E-state index contributed by atoms with van der Waals surface area (Å²) in [5.41, 5.74) is 7.71. The lowest BCUT2D eigenvalue weighted by Crippen LogP contribution is -2.50. The Morgan fingerprint density at radius 1 is 1.07 bits per heavy atom. The third kappa shape index (κ3) is 4.55. The fraction of sp³-hybridized carbons (Fsp3) is 0.278. The first-order valence-electron chi connectivity index (χ1n) is 8.20. The van der Waals surface area contributed by atoms with Crippen molar-refractivity contribution in [2.24, 2.45) is 0 Å². The summed E-state index contributed by atoms with van der Waals surface area (Å²) in [6, 6.07) is 11.4. The number of nitrogens with two attached hydrogens (primary N) is 1. The van der Waals surface area contributed by atoms with Gasteiger partial charge in [0.05, 0.1) is 4.90 Å². The number of amides is 1. The van der Waals surface area contributed by atoms with Crippen molar-refractivity contribution in [3.63, 3.8) is 0 Å². The molecule has 9 heteroatoms. The van der Waals surface area contributed by atoms with Crippen LogP contribution >= 0.6 is 24.0 Å². The summed E-state index contributed by atoms with van der Waals surface area (Å²) < 4.78 is 26.8. The molecule has 0 radical (unpaired) electrons. The van der Waals surface area contributed by atoms with Crippen LogP contribution in [-0.4, -0.2) is 49.7 Å². The highest BCUT2D eigenvalue weighted by atomic mass is 35.5. The van der Waals surface area contributed by atoms with E-state index in [0.717, 1.165) is 5.56 Å². The number of sulfonamides is 1. The molecular formula is C18H21Cl2N3O3S. The number of nitrogen functional groups attached to an aromatic ring is 1. The van der Waals surface area contributed by atoms with Gasteiger partial charge in [0.1, 0.15) is 0 Å². The second-order valence-corrected chi connectivity index (χ2v) is 8.60. The second kappa shape index (κ2) is 8.48. The highest BCUT2D eigenvalue weighted by Crippen LogP contribution is 2.22. The standard InChI is InChI=1S/C18H20ClN3O3S.ClH/c1-13-5-6-15(20)12-17(13)18(23)21-7-9-22(10-8-21)26(24,25)16-4-2-3-14(19)11-16;/h2-6,11-12H,7-10,20H2,1H3;1H. The lowest BCUT2D eigenvalue weighted by Gasteiger charge is -2.34. The molecule has 1 saturated heterocycles. The van der Waals surface area contributed by atoms with E-state index in [1.54, 1.807) is 29.2 Å². The Hall–Kier alpha value is -1.80. The number of piperazine rings is 1. The number of aryl methyl sites for hydroxylation is 1. The molecule has 1 aliphatic heterocycles. The van der Waals surface area contributed by atoms with Crippen molar-refractivity contribution in [1.82, 2.24) is 9.21 Å². The first-order valence-corrected chi connectivity index (χ1v) is 10.0. The maximum Gasteiger partial charge on any atom is 0.254 e. The van der Waals surface area contributed by atoms with Gasteiger partial charge in [0, 0.05) is 42.5 Å². The van der Waals surface area contributed by atoms with Crippen LogP contribution in [0.2, 0.25) is 5.02 Å². The number of hydrogen-bond acceptors (Lipinski definition) is 4. The maximum atomic E-state index is 12.7. The molecule has 0 saturated carbocycles. The maximum absolute atomic E-state index is 12.7. The van der Waals surface area contributed by atoms with E-state index >= 15 is 0 Å². The third-order valence-corrected chi connectivity index (χ3v) is 6.58. The molecule has 2 N–H and O–H groups in total. The Morgan fingerprint density at radius 3 is 2.37 bits per heavy atom. The fourth-order valence-corrected chi connectivity index (χ4v) is 4.67. The van der Waals surface area contributed by atoms with Crippen molar-refractivity contribution < 1.29 is 13.2 Å². The van der Waals surface area contributed by atoms with E-state index in [2.05, 4.69) is 0 Å². The molecule has 0 unspecified atom stereocenters. The van der Waals surface area contributed by atoms with Gasteiger partial charge in [0.15, 0.2) is 0 Å². The molecule has 0 bridgehead atoms. The molecule has 2 aromatic rings. The number of carbonyl (C=O) groups is 1. The van der Waals surface area contributed by atoms with Crippen molar-refractivity contribution in [3.8, 4) is 0 Å². The topological polar surface area (TPSA) is 83.7 Å². The van der Waals surface area contributed by atoms with Gasteiger partial charge in [-0.25, -0.2) is 8.42 Å². The summed E-state index contributed by atoms with van der Waals surface area (Å²) in [6.07, 6.45) is 0. The van der Waals surface area contributed by atoms with Gasteiger partial charge in [-0.1, -0.05) is 23.7 Å². The van der Waals surface area contributed by atoms with Crippen molar-refractivity contribution >= 4 is 45.6 Å². The van der Waals surface area contributed by atoms with Gasteiger partial charge >= 0.3 is 0 Å². The zero-order valence-electron chi connectivity index (χ0n) is 14.8. The number of anilines is 1. The predicted molar refractivity (Wildman–Crippen MR) is 109 cm³/mol. The minimum Gasteiger partial charge on any atom is -0.399 e. The lowest BCUT2D eigenvalue weighted by molar-refractivity contribution is 0.0697. The van der Waals surface area contributed by atoms with Crippen LogP contribution in [0.3, 0.4) is 0 Å². The van der Waals surface area contributed by atoms with E-state index in [-0.39, 0.29) is 36.3 Å². The van der Waals surface area contributed by atoms with Crippen molar-refractivity contribution in [1.29, 1.82) is 0 Å². The van der Waals surface area contributed by atoms with Crippen LogP contribution in [-0.2, 0) is 10.0 Å². The van der Waals surface area contributed by atoms with Gasteiger partial charge < -0.3 is 10.6 Å². The molecule has 0 aromatic heterocycles. The van der Waals surface area contributed by atoms with Crippen LogP contribution in [0.5, 0.6) is 0 Å². The Balaban J connectivity index is 0.00000261. The summed E-state index contributed by atoms with van der Waals surface area (Å²) in [5.74, 6) is -0.130. The van der Waals surface area contributed by atoms with Gasteiger partial charge in [0.25, 0.3) is 5.91 Å². The molecule has 0 spiro atoms. The smallest absolute Gasteiger partial charge is 0.254 e. The van der Waals surface area contributed by atoms with Gasteiger partial charge in [-0.05, 0) is 42.8 Å². The zero-order valence-corrected chi connectivity index (χ0v) is 17.1. The highest BCUT2D eigenvalue weighted by molar-refractivity contribution is 7.89. The number of carbonyl (C=O) groups excluding carboxylic acids is 1. The van der Waals surface area contributed by atoms with E-state index in [1.165, 1.54) is 16.4 Å². The third-order valence-electron chi connectivity index (χ3n) is 4.45. The lowest BCUT2D eigenvalue weighted by atomic mass is 10.1. The molecule has 6 nitrogen and oxygen atoms in total. The summed E-state index contributed by atoms with van der Waals surface area (Å²) >= 11 is 5.90. The number of halogens is 2. The van der Waals surface area contributed by atoms with E-state index in [4.69, 9.17) is 17.3 Å². The van der Waals surface area contributed by atoms with Gasteiger partial charge in [-0.2, -0.15) is 4.31 Å². The average molecular weight is 430 g/mol. The van der Waals surface area contributed by atoms with Crippen LogP contribution in [0, 0.1) is 6.92 Å². The van der Waals surface area contributed by atoms with E-state index < -0.39 is 10.0 Å². The average Bonchev–Trinajstić information content (AvgIpc) is 2.63. The molecule has 0 atom stereocenters. The molecule has 1 heterocycles. The monoisotopic (exact) mass is 429 g/mol. The molecule has 27 heavy (non-hydrogen) atoms. The van der Waals surface area contributed by atoms with Crippen LogP contribution in [0.25, 0.3) is 0 Å². The second-order valence-electron chi connectivity index (χ2n) is 6.23.